The van der Waals surface area contributed by atoms with Crippen molar-refractivity contribution in [3.8, 4) is 0 Å². The minimum atomic E-state index is -1.52. The Labute approximate surface area is 416 Å². The summed E-state index contributed by atoms with van der Waals surface area (Å²) in [5.41, 5.74) is 10.6. The van der Waals surface area contributed by atoms with Gasteiger partial charge in [0, 0.05) is 78.3 Å². The average molecular weight is 1030 g/mol. The molecular formula is C44H73N11O17. The van der Waals surface area contributed by atoms with E-state index in [9.17, 15) is 83.4 Å². The van der Waals surface area contributed by atoms with Crippen molar-refractivity contribution >= 4 is 71.0 Å². The van der Waals surface area contributed by atoms with Crippen molar-refractivity contribution in [3.63, 3.8) is 0 Å². The van der Waals surface area contributed by atoms with Crippen LogP contribution in [-0.2, 0) is 52.7 Å². The number of nitrogens with zero attached hydrogens (tertiary/aromatic N) is 6. The topological polar surface area (TPSA) is 426 Å². The fourth-order valence-corrected chi connectivity index (χ4v) is 8.23. The van der Waals surface area contributed by atoms with Crippen LogP contribution in [0.4, 0.5) is 0 Å². The maximum Gasteiger partial charge on any atom is 0.326 e. The Bertz CT molecular complexity index is 1900. The smallest absolute Gasteiger partial charge is 0.326 e. The molecule has 0 unspecified atom stereocenters. The van der Waals surface area contributed by atoms with Crippen LogP contribution in [0.25, 0.3) is 0 Å². The summed E-state index contributed by atoms with van der Waals surface area (Å²) in [6.45, 7) is 2.25. The molecule has 0 aromatic heterocycles. The van der Waals surface area contributed by atoms with Gasteiger partial charge in [-0.25, -0.2) is 4.79 Å². The summed E-state index contributed by atoms with van der Waals surface area (Å²) in [6.07, 6.45) is -1.41. The van der Waals surface area contributed by atoms with Gasteiger partial charge in [0.25, 0.3) is 0 Å². The van der Waals surface area contributed by atoms with Gasteiger partial charge >= 0.3 is 29.8 Å². The van der Waals surface area contributed by atoms with Crippen LogP contribution < -0.4 is 27.4 Å². The summed E-state index contributed by atoms with van der Waals surface area (Å²) in [5.74, 6) is -14.1. The van der Waals surface area contributed by atoms with Gasteiger partial charge in [-0.2, -0.15) is 0 Å². The molecule has 5 atom stereocenters. The molecule has 0 radical (unpaired) electrons. The molecule has 28 nitrogen and oxygen atoms in total. The molecule has 2 aliphatic heterocycles. The lowest BCUT2D eigenvalue weighted by molar-refractivity contribution is -0.143. The zero-order chi connectivity index (χ0) is 54.1. The first kappa shape index (κ1) is 61.8. The van der Waals surface area contributed by atoms with E-state index in [2.05, 4.69) is 20.9 Å². The molecule has 2 aliphatic rings. The predicted octanol–water partition coefficient (Wildman–Crippen LogP) is -4.66. The molecule has 72 heavy (non-hydrogen) atoms. The molecule has 0 aromatic carbocycles. The third-order valence-corrected chi connectivity index (χ3v) is 12.0. The number of aliphatic imine (C=N–C) groups is 1. The number of aliphatic hydroxyl groups excluding tert-OH is 1. The number of nitrogens with one attached hydrogen (secondary N) is 3. The van der Waals surface area contributed by atoms with Gasteiger partial charge in [-0.15, -0.1) is 0 Å². The van der Waals surface area contributed by atoms with Crippen molar-refractivity contribution in [2.24, 2.45) is 34.2 Å². The number of amides is 4. The molecule has 0 spiro atoms. The van der Waals surface area contributed by atoms with Crippen molar-refractivity contribution in [1.82, 2.24) is 40.4 Å². The first-order chi connectivity index (χ1) is 33.9. The van der Waals surface area contributed by atoms with Gasteiger partial charge in [0.15, 0.2) is 17.5 Å². The Kier molecular flexibility index (Phi) is 27.3. The van der Waals surface area contributed by atoms with Crippen LogP contribution in [0, 0.1) is 17.8 Å². The number of Topliss-reactive ketones (excluding diaryl/α,β-unsaturated/α-hetero) is 2. The third kappa shape index (κ3) is 24.2. The number of hydrogen-bond acceptors (Lipinski definition) is 17. The van der Waals surface area contributed by atoms with Gasteiger partial charge < -0.3 is 63.0 Å². The van der Waals surface area contributed by atoms with Crippen molar-refractivity contribution in [2.75, 3.05) is 105 Å². The summed E-state index contributed by atoms with van der Waals surface area (Å²) < 4.78 is 0. The second-order valence-electron chi connectivity index (χ2n) is 18.4. The number of rotatable bonds is 30. The molecule has 4 amide bonds. The van der Waals surface area contributed by atoms with E-state index in [0.717, 1.165) is 0 Å². The van der Waals surface area contributed by atoms with Crippen molar-refractivity contribution in [2.45, 2.75) is 83.3 Å². The fraction of sp³-hybridized carbons (Fsp3) is 0.727. The SMILES string of the molecule is CC(C)C[C@H](NC(=O)[C@H](CC(=O)O)CC(=O)CNC(=O)[C@@H]1CCCN1C(=O)CN1CCN(CC(=O)O)CCN(CC(=O)O)CCN(CC(=O)O)CC1)C(=O)C[C@@H](CO)C(=O)N[C@@H](CCCN=C(N)N)C(=O)O. The second-order valence-corrected chi connectivity index (χ2v) is 18.4. The molecule has 2 saturated heterocycles. The molecule has 0 aliphatic carbocycles. The minimum Gasteiger partial charge on any atom is -0.481 e. The number of aliphatic hydroxyl groups is 1. The van der Waals surface area contributed by atoms with Gasteiger partial charge in [0.1, 0.15) is 12.1 Å². The van der Waals surface area contributed by atoms with Gasteiger partial charge in [0.2, 0.25) is 23.6 Å². The van der Waals surface area contributed by atoms with E-state index in [-0.39, 0.29) is 129 Å². The highest BCUT2D eigenvalue weighted by Crippen LogP contribution is 2.20. The predicted molar refractivity (Wildman–Crippen MR) is 253 cm³/mol. The normalized spacial score (nSPS) is 18.3. The summed E-state index contributed by atoms with van der Waals surface area (Å²) in [6, 6.07) is -3.73. The average Bonchev–Trinajstić information content (AvgIpc) is 3.78. The molecule has 2 heterocycles. The zero-order valence-electron chi connectivity index (χ0n) is 40.9. The zero-order valence-corrected chi connectivity index (χ0v) is 40.9. The summed E-state index contributed by atoms with van der Waals surface area (Å²) in [4.78, 5) is 151. The van der Waals surface area contributed by atoms with Gasteiger partial charge in [-0.05, 0) is 38.0 Å². The Morgan fingerprint density at radius 1 is 0.625 bits per heavy atom. The molecule has 2 fully saturated rings. The Balaban J connectivity index is 2.13. The molecule has 13 N–H and O–H groups in total. The molecule has 0 bridgehead atoms. The number of guanidine groups is 1. The number of carboxylic acids is 5. The first-order valence-corrected chi connectivity index (χ1v) is 23.8. The van der Waals surface area contributed by atoms with Crippen molar-refractivity contribution in [1.29, 1.82) is 0 Å². The number of nitrogens with two attached hydrogens (primary N) is 2. The Morgan fingerprint density at radius 3 is 1.56 bits per heavy atom. The van der Waals surface area contributed by atoms with E-state index in [0.29, 0.717) is 6.42 Å². The first-order valence-electron chi connectivity index (χ1n) is 23.8. The summed E-state index contributed by atoms with van der Waals surface area (Å²) in [5, 5.41) is 65.0. The van der Waals surface area contributed by atoms with E-state index in [4.69, 9.17) is 11.5 Å². The highest BCUT2D eigenvalue weighted by atomic mass is 16.4. The summed E-state index contributed by atoms with van der Waals surface area (Å²) in [7, 11) is 0. The maximum atomic E-state index is 13.8. The van der Waals surface area contributed by atoms with Crippen molar-refractivity contribution < 1.29 is 83.4 Å². The maximum absolute atomic E-state index is 13.8. The van der Waals surface area contributed by atoms with Gasteiger partial charge in [0.05, 0.1) is 63.6 Å². The highest BCUT2D eigenvalue weighted by Gasteiger charge is 2.36. The number of carbonyl (C=O) groups excluding carboxylic acids is 6. The van der Waals surface area contributed by atoms with E-state index in [1.54, 1.807) is 33.4 Å². The van der Waals surface area contributed by atoms with Gasteiger partial charge in [-0.3, -0.25) is 72.5 Å². The minimum absolute atomic E-state index is 0.00637. The number of ketones is 2. The largest absolute Gasteiger partial charge is 0.481 e. The standard InChI is InChI=1S/C44H73N11O17/c1-27(2)17-32(34(58)19-29(26-56)41(69)49-31(43(71)72)5-3-7-47-44(45)46)50-40(68)28(20-36(60)61)18-30(57)21-48-42(70)33-6-4-8-55(33)35(59)22-51-9-11-52(23-37(62)63)13-15-54(25-39(66)67)16-14-53(12-10-51)24-38(64)65/h27-29,31-33,56H,3-26H2,1-2H3,(H,48,70)(H,49,69)(H,50,68)(H,60,61)(H,62,63)(H,64,65)(H,66,67)(H,71,72)(H4,45,46,47)/t28-,29-,31-,32-,33-/m0/s1. The molecule has 28 heteroatoms. The Hall–Kier alpha value is -6.36. The van der Waals surface area contributed by atoms with Crippen LogP contribution >= 0.6 is 0 Å². The van der Waals surface area contributed by atoms with E-state index in [1.807, 2.05) is 0 Å². The number of hydrogen-bond donors (Lipinski definition) is 11. The van der Waals surface area contributed by atoms with E-state index >= 15 is 0 Å². The Morgan fingerprint density at radius 2 is 1.11 bits per heavy atom. The van der Waals surface area contributed by atoms with Crippen LogP contribution in [-0.4, -0.2) is 249 Å². The van der Waals surface area contributed by atoms with Crippen LogP contribution in [0.1, 0.15) is 65.2 Å². The van der Waals surface area contributed by atoms with Gasteiger partial charge in [-0.1, -0.05) is 13.8 Å². The van der Waals surface area contributed by atoms with Crippen LogP contribution in [0.15, 0.2) is 4.99 Å². The molecule has 0 saturated carbocycles. The monoisotopic (exact) mass is 1030 g/mol. The second kappa shape index (κ2) is 31.9. The van der Waals surface area contributed by atoms with E-state index < -0.39 is 127 Å². The van der Waals surface area contributed by atoms with Crippen molar-refractivity contribution in [3.05, 3.63) is 0 Å². The van der Waals surface area contributed by atoms with E-state index in [1.165, 1.54) is 4.90 Å². The number of likely N-dealkylation sites (tertiary alicyclic amines) is 1. The van der Waals surface area contributed by atoms with Crippen LogP contribution in [0.3, 0.4) is 0 Å². The number of carboxylic acid groups (broad SMARTS) is 5. The third-order valence-electron chi connectivity index (χ3n) is 12.0. The quantitative estimate of drug-likeness (QED) is 0.0183. The molecule has 406 valence electrons. The fourth-order valence-electron chi connectivity index (χ4n) is 8.23. The number of carbonyl (C=O) groups is 11. The molecule has 0 aromatic rings. The number of aliphatic carboxylic acids is 5. The highest BCUT2D eigenvalue weighted by molar-refractivity contribution is 5.97. The summed E-state index contributed by atoms with van der Waals surface area (Å²) >= 11 is 0. The lowest BCUT2D eigenvalue weighted by atomic mass is 9.91. The lowest BCUT2D eigenvalue weighted by Gasteiger charge is -2.33. The molecule has 2 rings (SSSR count). The molecular weight excluding hydrogens is 955 g/mol. The van der Waals surface area contributed by atoms with Crippen LogP contribution in [0.2, 0.25) is 0 Å². The lowest BCUT2D eigenvalue weighted by Crippen LogP contribution is -2.52. The van der Waals surface area contributed by atoms with Crippen LogP contribution in [0.5, 0.6) is 0 Å².